The van der Waals surface area contributed by atoms with Crippen LogP contribution in [0.2, 0.25) is 0 Å². The van der Waals surface area contributed by atoms with Gasteiger partial charge >= 0.3 is 0 Å². The van der Waals surface area contributed by atoms with Gasteiger partial charge in [-0.3, -0.25) is 0 Å². The molecule has 13 rings (SSSR count). The van der Waals surface area contributed by atoms with Gasteiger partial charge in [-0.2, -0.15) is 5.26 Å². The lowest BCUT2D eigenvalue weighted by Crippen LogP contribution is -2.10. The van der Waals surface area contributed by atoms with Crippen molar-refractivity contribution < 1.29 is 8.83 Å². The van der Waals surface area contributed by atoms with Gasteiger partial charge in [0.25, 0.3) is 0 Å². The Morgan fingerprint density at radius 3 is 0.972 bits per heavy atom. The molecule has 0 N–H and O–H groups in total. The topological polar surface area (TPSA) is 59.9 Å². The van der Waals surface area contributed by atoms with Gasteiger partial charge in [0, 0.05) is 60.5 Å². The summed E-state index contributed by atoms with van der Waals surface area (Å²) < 4.78 is 18.2. The molecule has 5 heteroatoms. The molecule has 0 saturated carbocycles. The number of nitrogens with zero attached hydrogens (tertiary/aromatic N) is 3. The molecule has 0 unspecified atom stereocenters. The smallest absolute Gasteiger partial charge is 0.140 e. The van der Waals surface area contributed by atoms with Gasteiger partial charge in [0.15, 0.2) is 0 Å². The molecule has 0 bridgehead atoms. The lowest BCUT2D eigenvalue weighted by molar-refractivity contribution is 0.590. The molecule has 4 heterocycles. The first-order chi connectivity index (χ1) is 34.1. The van der Waals surface area contributed by atoms with Crippen molar-refractivity contribution in [1.29, 1.82) is 5.26 Å². The van der Waals surface area contributed by atoms with Crippen LogP contribution in [0.5, 0.6) is 0 Å². The Labute approximate surface area is 419 Å². The van der Waals surface area contributed by atoms with E-state index >= 15 is 0 Å². The number of nitriles is 1. The molecule has 354 valence electrons. The van der Waals surface area contributed by atoms with E-state index in [0.717, 1.165) is 65.6 Å². The van der Waals surface area contributed by atoms with Gasteiger partial charge < -0.3 is 18.0 Å². The first-order valence-corrected chi connectivity index (χ1v) is 25.4. The Bertz CT molecular complexity index is 4120. The van der Waals surface area contributed by atoms with Crippen LogP contribution in [0.15, 0.2) is 148 Å². The highest BCUT2D eigenvalue weighted by molar-refractivity contribution is 6.22. The standard InChI is InChI=1S/C67H59N3O2/c1-64(2,3)41-15-21-54-47(31-41)48-32-42(65(4,5)6)16-22-55(48)69(54)45-19-13-37-27-51-58(29-39(37)25-45)71-60-35-61-63(53(36-68)62(51)60)52-28-38-14-20-46(26-40(38)30-59(52)72-61)70-56-23-17-43(66(7,8)9)33-49(56)50-34-44(67(10,11)12)18-24-57(50)70/h13-35H,1-12H3. The van der Waals surface area contributed by atoms with Crippen LogP contribution in [0, 0.1) is 11.3 Å². The fourth-order valence-corrected chi connectivity index (χ4v) is 11.5. The third-order valence-corrected chi connectivity index (χ3v) is 15.7. The SMILES string of the molecule is CC(C)(C)c1ccc2c(c1)c1cc(C(C)(C)C)ccc1n2-c1ccc2cc3c(cc2c1)oc1cc2oc4cc5cc(-n6c7ccc(C(C)(C)C)cc7c7cc(C(C)(C)C)ccc76)ccc5cc4c2c(C#N)c13. The van der Waals surface area contributed by atoms with E-state index in [2.05, 4.69) is 232 Å². The molecule has 0 amide bonds. The number of furan rings is 2. The maximum atomic E-state index is 11.1. The van der Waals surface area contributed by atoms with Crippen LogP contribution in [-0.4, -0.2) is 9.13 Å². The molecule has 72 heavy (non-hydrogen) atoms. The second kappa shape index (κ2) is 14.6. The van der Waals surface area contributed by atoms with Crippen molar-refractivity contribution in [1.82, 2.24) is 9.13 Å². The van der Waals surface area contributed by atoms with Crippen molar-refractivity contribution in [3.05, 3.63) is 167 Å². The molecule has 0 radical (unpaired) electrons. The summed E-state index contributed by atoms with van der Waals surface area (Å²) in [5, 5.41) is 23.8. The minimum Gasteiger partial charge on any atom is -0.456 e. The molecule has 13 aromatic rings. The van der Waals surface area contributed by atoms with E-state index in [4.69, 9.17) is 8.83 Å². The van der Waals surface area contributed by atoms with Crippen molar-refractivity contribution in [2.45, 2.75) is 105 Å². The molecule has 0 aliphatic carbocycles. The molecule has 0 fully saturated rings. The fraction of sp³-hybridized carbons (Fsp3) is 0.239. The van der Waals surface area contributed by atoms with Crippen molar-refractivity contribution >= 4 is 109 Å². The average molecular weight is 938 g/mol. The summed E-state index contributed by atoms with van der Waals surface area (Å²) in [7, 11) is 0. The normalized spacial score (nSPS) is 13.3. The number of hydrogen-bond donors (Lipinski definition) is 0. The molecule has 0 spiro atoms. The second-order valence-electron chi connectivity index (χ2n) is 24.7. The van der Waals surface area contributed by atoms with E-state index in [9.17, 15) is 5.26 Å². The molecule has 0 atom stereocenters. The third kappa shape index (κ3) is 6.57. The van der Waals surface area contributed by atoms with E-state index in [-0.39, 0.29) is 21.7 Å². The van der Waals surface area contributed by atoms with Gasteiger partial charge in [-0.25, -0.2) is 0 Å². The molecule has 4 aromatic heterocycles. The van der Waals surface area contributed by atoms with Gasteiger partial charge in [0.05, 0.1) is 27.6 Å². The third-order valence-electron chi connectivity index (χ3n) is 15.7. The first-order valence-electron chi connectivity index (χ1n) is 25.4. The van der Waals surface area contributed by atoms with Crippen LogP contribution in [0.4, 0.5) is 0 Å². The van der Waals surface area contributed by atoms with Crippen molar-refractivity contribution in [3.63, 3.8) is 0 Å². The number of benzene rings is 9. The highest BCUT2D eigenvalue weighted by atomic mass is 16.3. The summed E-state index contributed by atoms with van der Waals surface area (Å²) in [6.45, 7) is 27.4. The zero-order valence-corrected chi connectivity index (χ0v) is 43.4. The molecule has 0 aliphatic rings. The number of fused-ring (bicyclic) bond motifs is 14. The Balaban J connectivity index is 0.941. The predicted octanol–water partition coefficient (Wildman–Crippen LogP) is 19.0. The van der Waals surface area contributed by atoms with Gasteiger partial charge in [-0.15, -0.1) is 0 Å². The minimum atomic E-state index is 0.0241. The van der Waals surface area contributed by atoms with Crippen molar-refractivity contribution in [2.75, 3.05) is 0 Å². The van der Waals surface area contributed by atoms with E-state index in [0.29, 0.717) is 16.7 Å². The van der Waals surface area contributed by atoms with Crippen molar-refractivity contribution in [3.8, 4) is 17.4 Å². The molecule has 0 aliphatic heterocycles. The number of hydrogen-bond acceptors (Lipinski definition) is 3. The highest BCUT2D eigenvalue weighted by Crippen LogP contribution is 2.45. The van der Waals surface area contributed by atoms with Crippen LogP contribution < -0.4 is 0 Å². The Morgan fingerprint density at radius 2 is 0.667 bits per heavy atom. The van der Waals surface area contributed by atoms with E-state index in [1.807, 2.05) is 6.07 Å². The van der Waals surface area contributed by atoms with Crippen LogP contribution in [0.3, 0.4) is 0 Å². The number of aromatic nitrogens is 2. The van der Waals surface area contributed by atoms with Gasteiger partial charge in [0.1, 0.15) is 28.4 Å². The lowest BCUT2D eigenvalue weighted by Gasteiger charge is -2.19. The summed E-state index contributed by atoms with van der Waals surface area (Å²) in [4.78, 5) is 0. The summed E-state index contributed by atoms with van der Waals surface area (Å²) in [5.41, 5.74) is 15.6. The molecule has 9 aromatic carbocycles. The highest BCUT2D eigenvalue weighted by Gasteiger charge is 2.25. The Kier molecular flexibility index (Phi) is 8.98. The van der Waals surface area contributed by atoms with Crippen molar-refractivity contribution in [2.24, 2.45) is 0 Å². The lowest BCUT2D eigenvalue weighted by atomic mass is 9.85. The maximum Gasteiger partial charge on any atom is 0.140 e. The minimum absolute atomic E-state index is 0.0241. The maximum absolute atomic E-state index is 11.1. The predicted molar refractivity (Wildman–Crippen MR) is 304 cm³/mol. The molecule has 5 nitrogen and oxygen atoms in total. The Hall–Kier alpha value is -7.81. The summed E-state index contributed by atoms with van der Waals surface area (Å²) in [6.07, 6.45) is 0. The van der Waals surface area contributed by atoms with E-state index in [1.165, 1.54) is 65.9 Å². The van der Waals surface area contributed by atoms with Crippen LogP contribution in [0.25, 0.3) is 120 Å². The monoisotopic (exact) mass is 937 g/mol. The zero-order chi connectivity index (χ0) is 50.1. The summed E-state index contributed by atoms with van der Waals surface area (Å²) in [6, 6.07) is 54.5. The quantitative estimate of drug-likeness (QED) is 0.173. The zero-order valence-electron chi connectivity index (χ0n) is 43.4. The van der Waals surface area contributed by atoms with Gasteiger partial charge in [-0.1, -0.05) is 119 Å². The van der Waals surface area contributed by atoms with Crippen LogP contribution in [0.1, 0.15) is 111 Å². The first kappa shape index (κ1) is 44.2. The van der Waals surface area contributed by atoms with Gasteiger partial charge in [0.2, 0.25) is 0 Å². The summed E-state index contributed by atoms with van der Waals surface area (Å²) >= 11 is 0. The molecular formula is C67H59N3O2. The van der Waals surface area contributed by atoms with E-state index < -0.39 is 0 Å². The van der Waals surface area contributed by atoms with Crippen LogP contribution in [-0.2, 0) is 21.7 Å². The van der Waals surface area contributed by atoms with Gasteiger partial charge in [-0.05, 0) is 163 Å². The second-order valence-corrected chi connectivity index (χ2v) is 24.7. The molecular weight excluding hydrogens is 879 g/mol. The molecule has 0 saturated heterocycles. The average Bonchev–Trinajstić information content (AvgIpc) is 4.06. The largest absolute Gasteiger partial charge is 0.456 e. The fourth-order valence-electron chi connectivity index (χ4n) is 11.5. The Morgan fingerprint density at radius 1 is 0.333 bits per heavy atom. The van der Waals surface area contributed by atoms with Crippen LogP contribution >= 0.6 is 0 Å². The summed E-state index contributed by atoms with van der Waals surface area (Å²) in [5.74, 6) is 0. The van der Waals surface area contributed by atoms with E-state index in [1.54, 1.807) is 0 Å². The number of rotatable bonds is 2.